The van der Waals surface area contributed by atoms with Crippen LogP contribution < -0.4 is 0 Å². The molecule has 0 N–H and O–H groups in total. The van der Waals surface area contributed by atoms with Crippen molar-refractivity contribution in [3.05, 3.63) is 0 Å². The van der Waals surface area contributed by atoms with Gasteiger partial charge in [-0.3, -0.25) is 0 Å². The Kier molecular flexibility index (Phi) is 3.26. The lowest BCUT2D eigenvalue weighted by Gasteiger charge is -2.31. The molecule has 2 rings (SSSR count). The average molecular weight is 181 g/mol. The molecule has 0 aromatic heterocycles. The standard InChI is InChI=1S/C12H23N/c1-2-3-11-6-8-13(9-7-11)10-12-4-5-12/h11-12H,2-10H2,1H3. The predicted molar refractivity (Wildman–Crippen MR) is 56.8 cm³/mol. The van der Waals surface area contributed by atoms with Gasteiger partial charge in [0.15, 0.2) is 0 Å². The molecule has 1 nitrogen and oxygen atoms in total. The van der Waals surface area contributed by atoms with Gasteiger partial charge in [-0.2, -0.15) is 0 Å². The van der Waals surface area contributed by atoms with E-state index in [0.717, 1.165) is 11.8 Å². The highest BCUT2D eigenvalue weighted by Crippen LogP contribution is 2.31. The highest BCUT2D eigenvalue weighted by molar-refractivity contribution is 4.80. The van der Waals surface area contributed by atoms with Crippen LogP contribution in [0.5, 0.6) is 0 Å². The second-order valence-corrected chi connectivity index (χ2v) is 4.98. The minimum Gasteiger partial charge on any atom is -0.303 e. The fourth-order valence-electron chi connectivity index (χ4n) is 2.53. The van der Waals surface area contributed by atoms with Crippen molar-refractivity contribution >= 4 is 0 Å². The Bertz CT molecular complexity index is 143. The van der Waals surface area contributed by atoms with Gasteiger partial charge in [-0.25, -0.2) is 0 Å². The van der Waals surface area contributed by atoms with Crippen LogP contribution in [0.25, 0.3) is 0 Å². The Hall–Kier alpha value is -0.0400. The lowest BCUT2D eigenvalue weighted by molar-refractivity contribution is 0.172. The van der Waals surface area contributed by atoms with Gasteiger partial charge < -0.3 is 4.90 Å². The number of likely N-dealkylation sites (tertiary alicyclic amines) is 1. The first kappa shape index (κ1) is 9.51. The first-order valence-corrected chi connectivity index (χ1v) is 6.11. The maximum absolute atomic E-state index is 2.70. The lowest BCUT2D eigenvalue weighted by atomic mass is 9.92. The minimum atomic E-state index is 1.06. The van der Waals surface area contributed by atoms with Crippen molar-refractivity contribution in [2.24, 2.45) is 11.8 Å². The van der Waals surface area contributed by atoms with E-state index in [9.17, 15) is 0 Å². The summed E-state index contributed by atoms with van der Waals surface area (Å²) in [4.78, 5) is 2.70. The van der Waals surface area contributed by atoms with Gasteiger partial charge in [0.25, 0.3) is 0 Å². The molecule has 2 fully saturated rings. The van der Waals surface area contributed by atoms with Crippen LogP contribution in [0.15, 0.2) is 0 Å². The minimum absolute atomic E-state index is 1.06. The van der Waals surface area contributed by atoms with Gasteiger partial charge >= 0.3 is 0 Å². The van der Waals surface area contributed by atoms with Gasteiger partial charge in [-0.15, -0.1) is 0 Å². The molecule has 1 aliphatic carbocycles. The van der Waals surface area contributed by atoms with E-state index in [4.69, 9.17) is 0 Å². The molecule has 13 heavy (non-hydrogen) atoms. The van der Waals surface area contributed by atoms with E-state index in [2.05, 4.69) is 11.8 Å². The maximum atomic E-state index is 2.70. The molecule has 0 aromatic rings. The van der Waals surface area contributed by atoms with Gasteiger partial charge in [0.1, 0.15) is 0 Å². The van der Waals surface area contributed by atoms with Gasteiger partial charge in [-0.05, 0) is 50.6 Å². The zero-order valence-corrected chi connectivity index (χ0v) is 8.97. The Morgan fingerprint density at radius 1 is 1.00 bits per heavy atom. The summed E-state index contributed by atoms with van der Waals surface area (Å²) in [6.07, 6.45) is 8.81. The van der Waals surface area contributed by atoms with Crippen LogP contribution in [0, 0.1) is 11.8 Å². The van der Waals surface area contributed by atoms with Crippen molar-refractivity contribution in [2.75, 3.05) is 19.6 Å². The lowest BCUT2D eigenvalue weighted by Crippen LogP contribution is -2.35. The monoisotopic (exact) mass is 181 g/mol. The molecule has 1 heteroatoms. The highest BCUT2D eigenvalue weighted by atomic mass is 15.1. The fraction of sp³-hybridized carbons (Fsp3) is 1.00. The molecule has 1 saturated heterocycles. The second kappa shape index (κ2) is 4.45. The highest BCUT2D eigenvalue weighted by Gasteiger charge is 2.26. The van der Waals surface area contributed by atoms with Crippen molar-refractivity contribution < 1.29 is 0 Å². The third kappa shape index (κ3) is 2.98. The molecule has 2 aliphatic rings. The maximum Gasteiger partial charge on any atom is 0.000966 e. The molecule has 1 aliphatic heterocycles. The molecule has 1 saturated carbocycles. The third-order valence-corrected chi connectivity index (χ3v) is 3.62. The summed E-state index contributed by atoms with van der Waals surface area (Å²) in [5.74, 6) is 2.14. The van der Waals surface area contributed by atoms with Crippen LogP contribution in [-0.4, -0.2) is 24.5 Å². The summed E-state index contributed by atoms with van der Waals surface area (Å²) >= 11 is 0. The van der Waals surface area contributed by atoms with E-state index >= 15 is 0 Å². The van der Waals surface area contributed by atoms with Crippen molar-refractivity contribution in [1.82, 2.24) is 4.90 Å². The van der Waals surface area contributed by atoms with Crippen LogP contribution in [0.3, 0.4) is 0 Å². The molecule has 0 unspecified atom stereocenters. The molecule has 0 atom stereocenters. The summed E-state index contributed by atoms with van der Waals surface area (Å²) in [5.41, 5.74) is 0. The van der Waals surface area contributed by atoms with Crippen molar-refractivity contribution in [2.45, 2.75) is 45.4 Å². The Morgan fingerprint density at radius 3 is 2.23 bits per heavy atom. The summed E-state index contributed by atoms with van der Waals surface area (Å²) in [6, 6.07) is 0. The summed E-state index contributed by atoms with van der Waals surface area (Å²) in [5, 5.41) is 0. The summed E-state index contributed by atoms with van der Waals surface area (Å²) in [6.45, 7) is 6.51. The molecular formula is C12H23N. The molecule has 0 bridgehead atoms. The Labute approximate surface area is 82.5 Å². The number of nitrogens with zero attached hydrogens (tertiary/aromatic N) is 1. The molecular weight excluding hydrogens is 158 g/mol. The molecule has 0 spiro atoms. The van der Waals surface area contributed by atoms with Gasteiger partial charge in [0, 0.05) is 6.54 Å². The SMILES string of the molecule is CCCC1CCN(CC2CC2)CC1. The van der Waals surface area contributed by atoms with Gasteiger partial charge in [0.05, 0.1) is 0 Å². The quantitative estimate of drug-likeness (QED) is 0.644. The summed E-state index contributed by atoms with van der Waals surface area (Å²) in [7, 11) is 0. The van der Waals surface area contributed by atoms with E-state index < -0.39 is 0 Å². The van der Waals surface area contributed by atoms with E-state index in [1.165, 1.54) is 58.2 Å². The van der Waals surface area contributed by atoms with E-state index in [1.54, 1.807) is 0 Å². The van der Waals surface area contributed by atoms with Crippen LogP contribution in [0.4, 0.5) is 0 Å². The average Bonchev–Trinajstić information content (AvgIpc) is 2.93. The molecule has 0 radical (unpaired) electrons. The predicted octanol–water partition coefficient (Wildman–Crippen LogP) is 2.91. The first-order valence-electron chi connectivity index (χ1n) is 6.11. The smallest absolute Gasteiger partial charge is 0.000966 e. The molecule has 0 amide bonds. The van der Waals surface area contributed by atoms with Crippen LogP contribution >= 0.6 is 0 Å². The van der Waals surface area contributed by atoms with Crippen molar-refractivity contribution in [3.8, 4) is 0 Å². The van der Waals surface area contributed by atoms with Crippen LogP contribution in [0.2, 0.25) is 0 Å². The first-order chi connectivity index (χ1) is 6.38. The molecule has 1 heterocycles. The molecule has 0 aromatic carbocycles. The summed E-state index contributed by atoms with van der Waals surface area (Å²) < 4.78 is 0. The Balaban J connectivity index is 1.63. The largest absolute Gasteiger partial charge is 0.303 e. The van der Waals surface area contributed by atoms with Gasteiger partial charge in [-0.1, -0.05) is 19.8 Å². The van der Waals surface area contributed by atoms with E-state index in [1.807, 2.05) is 0 Å². The number of hydrogen-bond acceptors (Lipinski definition) is 1. The van der Waals surface area contributed by atoms with E-state index in [-0.39, 0.29) is 0 Å². The third-order valence-electron chi connectivity index (χ3n) is 3.62. The number of rotatable bonds is 4. The number of piperidine rings is 1. The zero-order valence-electron chi connectivity index (χ0n) is 8.97. The second-order valence-electron chi connectivity index (χ2n) is 4.98. The topological polar surface area (TPSA) is 3.24 Å². The van der Waals surface area contributed by atoms with Gasteiger partial charge in [0.2, 0.25) is 0 Å². The van der Waals surface area contributed by atoms with Crippen molar-refractivity contribution in [1.29, 1.82) is 0 Å². The van der Waals surface area contributed by atoms with Crippen LogP contribution in [-0.2, 0) is 0 Å². The van der Waals surface area contributed by atoms with Crippen LogP contribution in [0.1, 0.15) is 45.4 Å². The number of hydrogen-bond donors (Lipinski definition) is 0. The zero-order chi connectivity index (χ0) is 9.10. The fourth-order valence-corrected chi connectivity index (χ4v) is 2.53. The van der Waals surface area contributed by atoms with Crippen molar-refractivity contribution in [3.63, 3.8) is 0 Å². The van der Waals surface area contributed by atoms with E-state index in [0.29, 0.717) is 0 Å². The molecule has 76 valence electrons. The Morgan fingerprint density at radius 2 is 1.69 bits per heavy atom. The normalized spacial score (nSPS) is 26.5.